The number of benzene rings is 1. The van der Waals surface area contributed by atoms with Crippen LogP contribution in [0.4, 0.5) is 0 Å². The summed E-state index contributed by atoms with van der Waals surface area (Å²) in [5, 5.41) is 9.54. The van der Waals surface area contributed by atoms with Gasteiger partial charge >= 0.3 is 5.97 Å². The van der Waals surface area contributed by atoms with E-state index in [2.05, 4.69) is 0 Å². The number of nitriles is 1. The number of rotatable bonds is 2. The number of amides is 1. The highest BCUT2D eigenvalue weighted by molar-refractivity contribution is 5.91. The molecular formula is C15H16N2O3. The highest BCUT2D eigenvalue weighted by Crippen LogP contribution is 2.32. The van der Waals surface area contributed by atoms with E-state index in [1.165, 1.54) is 11.8 Å². The van der Waals surface area contributed by atoms with E-state index in [9.17, 15) is 14.9 Å². The van der Waals surface area contributed by atoms with Gasteiger partial charge in [-0.3, -0.25) is 4.79 Å². The fourth-order valence-corrected chi connectivity index (χ4v) is 2.52. The molecule has 1 atom stereocenters. The van der Waals surface area contributed by atoms with Crippen LogP contribution in [0, 0.1) is 11.3 Å². The zero-order valence-corrected chi connectivity index (χ0v) is 11.5. The van der Waals surface area contributed by atoms with Crippen molar-refractivity contribution in [2.75, 3.05) is 6.61 Å². The normalized spacial score (nSPS) is 20.8. The molecule has 1 heterocycles. The van der Waals surface area contributed by atoms with Gasteiger partial charge in [0.15, 0.2) is 0 Å². The van der Waals surface area contributed by atoms with E-state index in [4.69, 9.17) is 4.74 Å². The molecule has 0 fully saturated rings. The number of hydrogen-bond acceptors (Lipinski definition) is 4. The maximum atomic E-state index is 12.2. The molecule has 0 bridgehead atoms. The Morgan fingerprint density at radius 2 is 2.05 bits per heavy atom. The van der Waals surface area contributed by atoms with E-state index in [1.807, 2.05) is 30.3 Å². The van der Waals surface area contributed by atoms with Crippen LogP contribution in [0.5, 0.6) is 0 Å². The van der Waals surface area contributed by atoms with Crippen molar-refractivity contribution in [1.29, 1.82) is 5.26 Å². The van der Waals surface area contributed by atoms with Crippen LogP contribution in [0.1, 0.15) is 25.0 Å². The summed E-state index contributed by atoms with van der Waals surface area (Å²) in [6.07, 6.45) is 0.165. The minimum absolute atomic E-state index is 0.165. The molecule has 1 amide bonds. The summed E-state index contributed by atoms with van der Waals surface area (Å²) in [7, 11) is 0. The first-order valence-corrected chi connectivity index (χ1v) is 6.48. The lowest BCUT2D eigenvalue weighted by atomic mass is 9.83. The van der Waals surface area contributed by atoms with Crippen molar-refractivity contribution < 1.29 is 14.3 Å². The molecule has 0 saturated heterocycles. The fraction of sp³-hybridized carbons (Fsp3) is 0.400. The Morgan fingerprint density at radius 1 is 1.40 bits per heavy atom. The van der Waals surface area contributed by atoms with E-state index in [-0.39, 0.29) is 25.5 Å². The van der Waals surface area contributed by atoms with Gasteiger partial charge in [0.1, 0.15) is 6.07 Å². The average molecular weight is 272 g/mol. The fourth-order valence-electron chi connectivity index (χ4n) is 2.52. The lowest BCUT2D eigenvalue weighted by Crippen LogP contribution is -2.59. The highest BCUT2D eigenvalue weighted by atomic mass is 16.5. The van der Waals surface area contributed by atoms with Crippen molar-refractivity contribution in [3.63, 3.8) is 0 Å². The molecule has 1 aromatic carbocycles. The lowest BCUT2D eigenvalue weighted by Gasteiger charge is -2.40. The molecule has 0 spiro atoms. The topological polar surface area (TPSA) is 70.4 Å². The Morgan fingerprint density at radius 3 is 2.60 bits per heavy atom. The van der Waals surface area contributed by atoms with Crippen LogP contribution >= 0.6 is 0 Å². The van der Waals surface area contributed by atoms with Gasteiger partial charge in [-0.15, -0.1) is 0 Å². The van der Waals surface area contributed by atoms with E-state index in [1.54, 1.807) is 6.92 Å². The van der Waals surface area contributed by atoms with Crippen LogP contribution in [0.3, 0.4) is 0 Å². The van der Waals surface area contributed by atoms with Crippen molar-refractivity contribution in [3.05, 3.63) is 35.4 Å². The summed E-state index contributed by atoms with van der Waals surface area (Å²) < 4.78 is 5.02. The molecule has 5 nitrogen and oxygen atoms in total. The number of ether oxygens (including phenoxy) is 1. The summed E-state index contributed by atoms with van der Waals surface area (Å²) in [5.41, 5.74) is 0.299. The molecule has 0 aliphatic carbocycles. The van der Waals surface area contributed by atoms with Crippen LogP contribution in [0.2, 0.25) is 0 Å². The quantitative estimate of drug-likeness (QED) is 0.763. The van der Waals surface area contributed by atoms with Gasteiger partial charge in [0.25, 0.3) is 0 Å². The Labute approximate surface area is 117 Å². The van der Waals surface area contributed by atoms with Crippen LogP contribution < -0.4 is 0 Å². The second-order valence-corrected chi connectivity index (χ2v) is 4.74. The second kappa shape index (κ2) is 5.33. The van der Waals surface area contributed by atoms with E-state index in [0.29, 0.717) is 0 Å². The van der Waals surface area contributed by atoms with Gasteiger partial charge in [-0.1, -0.05) is 24.3 Å². The molecule has 1 aliphatic rings. The first-order chi connectivity index (χ1) is 9.55. The van der Waals surface area contributed by atoms with Crippen molar-refractivity contribution in [3.8, 4) is 6.07 Å². The maximum absolute atomic E-state index is 12.2. The summed E-state index contributed by atoms with van der Waals surface area (Å²) in [6, 6.07) is 9.51. The number of nitrogens with zero attached hydrogens (tertiary/aromatic N) is 2. The Hall–Kier alpha value is -2.35. The number of fused-ring (bicyclic) bond motifs is 1. The minimum Gasteiger partial charge on any atom is -0.463 e. The molecule has 0 aromatic heterocycles. The van der Waals surface area contributed by atoms with E-state index < -0.39 is 11.5 Å². The Balaban J connectivity index is 2.51. The van der Waals surface area contributed by atoms with Gasteiger partial charge in [0, 0.05) is 19.9 Å². The number of carbonyl (C=O) groups is 2. The molecule has 20 heavy (non-hydrogen) atoms. The van der Waals surface area contributed by atoms with Gasteiger partial charge in [0.2, 0.25) is 11.4 Å². The van der Waals surface area contributed by atoms with Gasteiger partial charge < -0.3 is 9.64 Å². The predicted molar refractivity (Wildman–Crippen MR) is 71.3 cm³/mol. The first-order valence-electron chi connectivity index (χ1n) is 6.48. The summed E-state index contributed by atoms with van der Waals surface area (Å²) in [4.78, 5) is 25.4. The average Bonchev–Trinajstić information content (AvgIpc) is 2.45. The molecule has 1 aromatic rings. The van der Waals surface area contributed by atoms with Crippen LogP contribution in [-0.4, -0.2) is 28.9 Å². The summed E-state index contributed by atoms with van der Waals surface area (Å²) >= 11 is 0. The molecule has 0 saturated carbocycles. The molecule has 2 rings (SSSR count). The minimum atomic E-state index is -1.56. The third kappa shape index (κ3) is 2.14. The van der Waals surface area contributed by atoms with Crippen LogP contribution in [-0.2, 0) is 27.3 Å². The van der Waals surface area contributed by atoms with Crippen LogP contribution in [0.25, 0.3) is 0 Å². The third-order valence-electron chi connectivity index (χ3n) is 3.53. The standard InChI is InChI=1S/C15H16N2O3/c1-3-20-14(19)15(10-16)8-12-6-4-5-7-13(12)9-17(15)11(2)18/h4-7H,3,8-9H2,1-2H3. The molecule has 0 radical (unpaired) electrons. The second-order valence-electron chi connectivity index (χ2n) is 4.74. The summed E-state index contributed by atoms with van der Waals surface area (Å²) in [6.45, 7) is 3.46. The van der Waals surface area contributed by atoms with Crippen molar-refractivity contribution in [1.82, 2.24) is 4.90 Å². The van der Waals surface area contributed by atoms with Gasteiger partial charge in [-0.25, -0.2) is 4.79 Å². The van der Waals surface area contributed by atoms with Gasteiger partial charge in [0.05, 0.1) is 6.61 Å². The molecule has 1 unspecified atom stereocenters. The SMILES string of the molecule is CCOC(=O)C1(C#N)Cc2ccccc2CN1C(C)=O. The Kier molecular flexibility index (Phi) is 3.75. The Bertz CT molecular complexity index is 591. The lowest BCUT2D eigenvalue weighted by molar-refractivity contribution is -0.160. The zero-order valence-electron chi connectivity index (χ0n) is 11.5. The van der Waals surface area contributed by atoms with Gasteiger partial charge in [-0.2, -0.15) is 5.26 Å². The number of esters is 1. The molecule has 104 valence electrons. The highest BCUT2D eigenvalue weighted by Gasteiger charge is 2.50. The van der Waals surface area contributed by atoms with E-state index >= 15 is 0 Å². The largest absolute Gasteiger partial charge is 0.463 e. The van der Waals surface area contributed by atoms with Gasteiger partial charge in [-0.05, 0) is 18.1 Å². The molecule has 5 heteroatoms. The molecule has 0 N–H and O–H groups in total. The maximum Gasteiger partial charge on any atom is 0.347 e. The van der Waals surface area contributed by atoms with Crippen molar-refractivity contribution in [2.45, 2.75) is 32.4 Å². The third-order valence-corrected chi connectivity index (χ3v) is 3.53. The van der Waals surface area contributed by atoms with Crippen molar-refractivity contribution in [2.24, 2.45) is 0 Å². The number of carbonyl (C=O) groups excluding carboxylic acids is 2. The van der Waals surface area contributed by atoms with E-state index in [0.717, 1.165) is 11.1 Å². The molecular weight excluding hydrogens is 256 g/mol. The summed E-state index contributed by atoms with van der Waals surface area (Å²) in [5.74, 6) is -0.971. The number of hydrogen-bond donors (Lipinski definition) is 0. The predicted octanol–water partition coefficient (Wildman–Crippen LogP) is 1.42. The van der Waals surface area contributed by atoms with Crippen LogP contribution in [0.15, 0.2) is 24.3 Å². The zero-order chi connectivity index (χ0) is 14.8. The van der Waals surface area contributed by atoms with Crippen molar-refractivity contribution >= 4 is 11.9 Å². The first kappa shape index (κ1) is 14.1. The smallest absolute Gasteiger partial charge is 0.347 e. The molecule has 1 aliphatic heterocycles. The monoisotopic (exact) mass is 272 g/mol.